The van der Waals surface area contributed by atoms with Gasteiger partial charge < -0.3 is 4.74 Å². The smallest absolute Gasteiger partial charge is 0.310 e. The molecule has 0 aromatic heterocycles. The van der Waals surface area contributed by atoms with Crippen LogP contribution in [0.3, 0.4) is 0 Å². The lowest BCUT2D eigenvalue weighted by Crippen LogP contribution is -2.40. The highest BCUT2D eigenvalue weighted by Gasteiger charge is 2.83. The third-order valence-electron chi connectivity index (χ3n) is 5.54. The van der Waals surface area contributed by atoms with Gasteiger partial charge in [-0.3, -0.25) is 4.79 Å². The molecule has 3 aliphatic carbocycles. The van der Waals surface area contributed by atoms with Crippen molar-refractivity contribution in [1.29, 1.82) is 0 Å². The SMILES string of the molecule is O=C1O[C@H]2C[C@]34CCCC[C@@]3(C[C@@H]2I)[C@@H]14. The minimum atomic E-state index is 0.146. The van der Waals surface area contributed by atoms with E-state index < -0.39 is 0 Å². The molecule has 0 aromatic carbocycles. The largest absolute Gasteiger partial charge is 0.461 e. The van der Waals surface area contributed by atoms with Gasteiger partial charge in [-0.1, -0.05) is 35.4 Å². The zero-order chi connectivity index (χ0) is 10.3. The van der Waals surface area contributed by atoms with Crippen molar-refractivity contribution in [2.45, 2.75) is 48.6 Å². The molecule has 4 rings (SSSR count). The molecule has 2 bridgehead atoms. The molecule has 1 aliphatic heterocycles. The van der Waals surface area contributed by atoms with Crippen LogP contribution in [-0.4, -0.2) is 16.0 Å². The van der Waals surface area contributed by atoms with E-state index in [1.807, 2.05) is 0 Å². The molecule has 4 fully saturated rings. The van der Waals surface area contributed by atoms with Crippen LogP contribution < -0.4 is 0 Å². The lowest BCUT2D eigenvalue weighted by molar-refractivity contribution is -0.157. The van der Waals surface area contributed by atoms with Crippen molar-refractivity contribution in [1.82, 2.24) is 0 Å². The van der Waals surface area contributed by atoms with E-state index in [2.05, 4.69) is 22.6 Å². The van der Waals surface area contributed by atoms with Crippen molar-refractivity contribution in [3.8, 4) is 0 Å². The van der Waals surface area contributed by atoms with Crippen molar-refractivity contribution >= 4 is 28.6 Å². The summed E-state index contributed by atoms with van der Waals surface area (Å²) in [5.74, 6) is 0.441. The van der Waals surface area contributed by atoms with Gasteiger partial charge in [0.1, 0.15) is 6.10 Å². The minimum Gasteiger partial charge on any atom is -0.461 e. The molecule has 0 unspecified atom stereocenters. The molecule has 4 aliphatic rings. The highest BCUT2D eigenvalue weighted by Crippen LogP contribution is 2.83. The number of fused-ring (bicyclic) bond motifs is 1. The summed E-state index contributed by atoms with van der Waals surface area (Å²) in [6.07, 6.45) is 7.92. The van der Waals surface area contributed by atoms with Gasteiger partial charge in [0, 0.05) is 3.92 Å². The van der Waals surface area contributed by atoms with E-state index in [0.29, 0.717) is 20.7 Å². The number of hydrogen-bond donors (Lipinski definition) is 0. The molecule has 1 spiro atoms. The number of carbonyl (C=O) groups is 1. The Kier molecular flexibility index (Phi) is 1.57. The van der Waals surface area contributed by atoms with Gasteiger partial charge in [-0.05, 0) is 36.5 Å². The van der Waals surface area contributed by atoms with Crippen LogP contribution in [0.5, 0.6) is 0 Å². The Balaban J connectivity index is 1.84. The first-order valence-corrected chi connectivity index (χ1v) is 7.29. The van der Waals surface area contributed by atoms with Gasteiger partial charge in [0.2, 0.25) is 0 Å². The van der Waals surface area contributed by atoms with Gasteiger partial charge in [0.25, 0.3) is 0 Å². The third-order valence-corrected chi connectivity index (χ3v) is 6.78. The summed E-state index contributed by atoms with van der Waals surface area (Å²) in [6.45, 7) is 0. The monoisotopic (exact) mass is 318 g/mol. The maximum absolute atomic E-state index is 12.0. The van der Waals surface area contributed by atoms with Gasteiger partial charge in [-0.15, -0.1) is 0 Å². The molecule has 15 heavy (non-hydrogen) atoms. The van der Waals surface area contributed by atoms with Crippen molar-refractivity contribution in [3.05, 3.63) is 0 Å². The van der Waals surface area contributed by atoms with Crippen LogP contribution in [0.2, 0.25) is 0 Å². The summed E-state index contributed by atoms with van der Waals surface area (Å²) in [7, 11) is 0. The van der Waals surface area contributed by atoms with E-state index in [9.17, 15) is 4.79 Å². The highest BCUT2D eigenvalue weighted by molar-refractivity contribution is 14.1. The van der Waals surface area contributed by atoms with Crippen molar-refractivity contribution < 1.29 is 9.53 Å². The average molecular weight is 318 g/mol. The molecule has 82 valence electrons. The quantitative estimate of drug-likeness (QED) is 0.390. The number of carbonyl (C=O) groups excluding carboxylic acids is 1. The van der Waals surface area contributed by atoms with E-state index in [1.54, 1.807) is 0 Å². The van der Waals surface area contributed by atoms with Gasteiger partial charge in [0.15, 0.2) is 0 Å². The first-order valence-electron chi connectivity index (χ1n) is 6.04. The van der Waals surface area contributed by atoms with Gasteiger partial charge in [0.05, 0.1) is 5.92 Å². The first kappa shape index (κ1) is 9.25. The number of alkyl halides is 1. The minimum absolute atomic E-state index is 0.146. The van der Waals surface area contributed by atoms with Crippen LogP contribution in [-0.2, 0) is 9.53 Å². The van der Waals surface area contributed by atoms with E-state index in [4.69, 9.17) is 4.74 Å². The second-order valence-electron chi connectivity index (χ2n) is 5.85. The maximum Gasteiger partial charge on any atom is 0.310 e. The van der Waals surface area contributed by atoms with E-state index >= 15 is 0 Å². The highest BCUT2D eigenvalue weighted by atomic mass is 127. The molecule has 0 radical (unpaired) electrons. The third kappa shape index (κ3) is 0.839. The Morgan fingerprint density at radius 2 is 1.87 bits per heavy atom. The average Bonchev–Trinajstić information content (AvgIpc) is 2.83. The summed E-state index contributed by atoms with van der Waals surface area (Å²) in [5, 5.41) is 0. The second-order valence-corrected chi connectivity index (χ2v) is 7.45. The van der Waals surface area contributed by atoms with Crippen molar-refractivity contribution in [2.24, 2.45) is 16.7 Å². The molecular formula is C12H15IO2. The van der Waals surface area contributed by atoms with Crippen LogP contribution in [0.15, 0.2) is 0 Å². The maximum atomic E-state index is 12.0. The lowest BCUT2D eigenvalue weighted by Gasteiger charge is -2.40. The number of hydrogen-bond acceptors (Lipinski definition) is 2. The topological polar surface area (TPSA) is 26.3 Å². The summed E-state index contributed by atoms with van der Waals surface area (Å²) < 4.78 is 6.15. The fourth-order valence-electron chi connectivity index (χ4n) is 5.00. The summed E-state index contributed by atoms with van der Waals surface area (Å²) in [6, 6.07) is 0. The number of halogens is 1. The predicted octanol–water partition coefficient (Wildman–Crippen LogP) is 2.69. The van der Waals surface area contributed by atoms with Crippen molar-refractivity contribution in [3.63, 3.8) is 0 Å². The summed E-state index contributed by atoms with van der Waals surface area (Å²) >= 11 is 2.50. The normalized spacial score (nSPS) is 60.6. The second kappa shape index (κ2) is 2.54. The van der Waals surface area contributed by atoms with Crippen LogP contribution in [0.4, 0.5) is 0 Å². The van der Waals surface area contributed by atoms with Crippen LogP contribution in [0.1, 0.15) is 38.5 Å². The molecule has 1 saturated heterocycles. The van der Waals surface area contributed by atoms with Gasteiger partial charge >= 0.3 is 5.97 Å². The van der Waals surface area contributed by atoms with Crippen LogP contribution >= 0.6 is 22.6 Å². The molecule has 1 heterocycles. The number of esters is 1. The fraction of sp³-hybridized carbons (Fsp3) is 0.917. The van der Waals surface area contributed by atoms with E-state index in [0.717, 1.165) is 0 Å². The molecular weight excluding hydrogens is 303 g/mol. The zero-order valence-electron chi connectivity index (χ0n) is 8.67. The fourth-order valence-corrected chi connectivity index (χ4v) is 6.19. The molecule has 2 nitrogen and oxygen atoms in total. The molecule has 5 atom stereocenters. The Morgan fingerprint density at radius 3 is 2.60 bits per heavy atom. The van der Waals surface area contributed by atoms with Gasteiger partial charge in [-0.25, -0.2) is 0 Å². The van der Waals surface area contributed by atoms with E-state index in [1.165, 1.54) is 38.5 Å². The predicted molar refractivity (Wildman–Crippen MR) is 63.7 cm³/mol. The first-order chi connectivity index (χ1) is 7.20. The molecule has 0 N–H and O–H groups in total. The molecule has 0 aromatic rings. The number of ether oxygens (including phenoxy) is 1. The Hall–Kier alpha value is 0.200. The molecule has 3 saturated carbocycles. The summed E-state index contributed by atoms with van der Waals surface area (Å²) in [4.78, 5) is 12.0. The van der Waals surface area contributed by atoms with E-state index in [-0.39, 0.29) is 12.1 Å². The standard InChI is InChI=1S/C12H15IO2/c13-7-5-11-3-1-2-4-12(11)6-8(7)15-10(14)9(11)12/h7-9H,1-6H2/t7-,8-,9+,11+,12-/m0/s1. The Morgan fingerprint density at radius 1 is 1.20 bits per heavy atom. The zero-order valence-corrected chi connectivity index (χ0v) is 10.8. The molecule has 3 heteroatoms. The van der Waals surface area contributed by atoms with Crippen LogP contribution in [0, 0.1) is 16.7 Å². The number of rotatable bonds is 0. The Bertz CT molecular complexity index is 356. The molecule has 0 amide bonds. The Labute approximate surface area is 103 Å². The van der Waals surface area contributed by atoms with Crippen LogP contribution in [0.25, 0.3) is 0 Å². The van der Waals surface area contributed by atoms with Crippen molar-refractivity contribution in [2.75, 3.05) is 0 Å². The summed E-state index contributed by atoms with van der Waals surface area (Å²) in [5.41, 5.74) is 0.800. The van der Waals surface area contributed by atoms with Gasteiger partial charge in [-0.2, -0.15) is 0 Å². The lowest BCUT2D eigenvalue weighted by atomic mass is 9.70.